The van der Waals surface area contributed by atoms with Crippen LogP contribution in [0, 0.1) is 26.0 Å². The molecule has 0 amide bonds. The van der Waals surface area contributed by atoms with Gasteiger partial charge in [0.1, 0.15) is 51.1 Å². The number of fused-ring (bicyclic) bond motifs is 2. The molecular formula is C46H40BrFN2O13. The van der Waals surface area contributed by atoms with Crippen LogP contribution in [0.5, 0.6) is 23.0 Å². The summed E-state index contributed by atoms with van der Waals surface area (Å²) >= 11 is 3.37. The number of ether oxygens (including phenoxy) is 5. The molecule has 326 valence electrons. The van der Waals surface area contributed by atoms with Crippen LogP contribution in [0.15, 0.2) is 110 Å². The van der Waals surface area contributed by atoms with Crippen molar-refractivity contribution < 1.29 is 56.3 Å². The Hall–Kier alpha value is -7.27. The van der Waals surface area contributed by atoms with Gasteiger partial charge in [0.2, 0.25) is 0 Å². The first-order valence-electron chi connectivity index (χ1n) is 19.6. The maximum Gasteiger partial charge on any atom is 0.342 e. The van der Waals surface area contributed by atoms with Crippen LogP contribution < -0.4 is 14.2 Å². The Balaban J connectivity index is 0.000000215. The topological polar surface area (TPSA) is 193 Å². The fraction of sp³-hybridized carbons (Fsp3) is 0.217. The van der Waals surface area contributed by atoms with Gasteiger partial charge < -0.3 is 32.5 Å². The zero-order valence-electron chi connectivity index (χ0n) is 34.8. The van der Waals surface area contributed by atoms with Crippen molar-refractivity contribution in [1.82, 2.24) is 0 Å². The number of carbonyl (C=O) groups is 2. The minimum atomic E-state index is -0.628. The van der Waals surface area contributed by atoms with E-state index in [0.29, 0.717) is 33.4 Å². The SMILES string of the molecule is CCOC(=O)c1c(-c2ccc(Br)cc2)oc2cc([N+](=O)[O-])c(OC(C)C)cc12.CCOC(=O)c1c(-c2ccc(Oc3ccc(F)cc3)cc2)oc2cc([N+](=O)[O-])c(OC(C)C)cc12. The fourth-order valence-corrected chi connectivity index (χ4v) is 6.60. The van der Waals surface area contributed by atoms with Gasteiger partial charge in [-0.15, -0.1) is 0 Å². The van der Waals surface area contributed by atoms with Crippen molar-refractivity contribution >= 4 is 61.2 Å². The van der Waals surface area contributed by atoms with Crippen LogP contribution in [-0.2, 0) is 9.47 Å². The van der Waals surface area contributed by atoms with E-state index >= 15 is 0 Å². The zero-order chi connectivity index (χ0) is 45.5. The van der Waals surface area contributed by atoms with E-state index in [1.54, 1.807) is 77.9 Å². The summed E-state index contributed by atoms with van der Waals surface area (Å²) in [6, 6.07) is 24.9. The van der Waals surface area contributed by atoms with E-state index in [1.807, 2.05) is 12.1 Å². The summed E-state index contributed by atoms with van der Waals surface area (Å²) in [5, 5.41) is 23.8. The summed E-state index contributed by atoms with van der Waals surface area (Å²) in [7, 11) is 0. The predicted molar refractivity (Wildman–Crippen MR) is 234 cm³/mol. The van der Waals surface area contributed by atoms with Crippen LogP contribution in [0.25, 0.3) is 44.6 Å². The maximum absolute atomic E-state index is 13.1. The molecule has 0 saturated carbocycles. The maximum atomic E-state index is 13.1. The smallest absolute Gasteiger partial charge is 0.342 e. The molecule has 0 N–H and O–H groups in total. The van der Waals surface area contributed by atoms with Crippen LogP contribution in [0.2, 0.25) is 0 Å². The summed E-state index contributed by atoms with van der Waals surface area (Å²) < 4.78 is 53.2. The van der Waals surface area contributed by atoms with Crippen molar-refractivity contribution in [3.05, 3.63) is 139 Å². The molecule has 0 unspecified atom stereocenters. The van der Waals surface area contributed by atoms with Crippen LogP contribution in [0.1, 0.15) is 62.3 Å². The Labute approximate surface area is 367 Å². The van der Waals surface area contributed by atoms with E-state index in [2.05, 4.69) is 15.9 Å². The van der Waals surface area contributed by atoms with E-state index < -0.39 is 21.8 Å². The molecule has 0 atom stereocenters. The van der Waals surface area contributed by atoms with Crippen molar-refractivity contribution in [2.45, 2.75) is 53.8 Å². The number of esters is 2. The second-order valence-electron chi connectivity index (χ2n) is 14.1. The highest BCUT2D eigenvalue weighted by atomic mass is 79.9. The molecule has 0 saturated heterocycles. The second kappa shape index (κ2) is 19.6. The number of halogens is 2. The molecule has 0 bridgehead atoms. The number of hydrogen-bond acceptors (Lipinski definition) is 13. The molecule has 5 aromatic carbocycles. The molecule has 17 heteroatoms. The number of hydrogen-bond donors (Lipinski definition) is 0. The van der Waals surface area contributed by atoms with Crippen LogP contribution in [-0.4, -0.2) is 47.2 Å². The largest absolute Gasteiger partial charge is 0.484 e. The average Bonchev–Trinajstić information content (AvgIpc) is 3.80. The van der Waals surface area contributed by atoms with Crippen molar-refractivity contribution in [2.75, 3.05) is 13.2 Å². The molecule has 15 nitrogen and oxygen atoms in total. The second-order valence-corrected chi connectivity index (χ2v) is 15.0. The lowest BCUT2D eigenvalue weighted by Crippen LogP contribution is -2.08. The fourth-order valence-electron chi connectivity index (χ4n) is 6.34. The Morgan fingerprint density at radius 2 is 1.02 bits per heavy atom. The number of benzene rings is 5. The molecule has 0 radical (unpaired) electrons. The summed E-state index contributed by atoms with van der Waals surface area (Å²) in [6.45, 7) is 10.7. The lowest BCUT2D eigenvalue weighted by molar-refractivity contribution is -0.386. The number of furan rings is 2. The number of nitro groups is 2. The van der Waals surface area contributed by atoms with Gasteiger partial charge >= 0.3 is 23.3 Å². The summed E-state index contributed by atoms with van der Waals surface area (Å²) in [5.41, 5.74) is 1.39. The highest BCUT2D eigenvalue weighted by molar-refractivity contribution is 9.10. The lowest BCUT2D eigenvalue weighted by atomic mass is 10.0. The van der Waals surface area contributed by atoms with Crippen molar-refractivity contribution in [2.24, 2.45) is 0 Å². The Morgan fingerprint density at radius 3 is 1.38 bits per heavy atom. The standard InChI is InChI=1S/C26H22FNO7.C20H18BrNO6/c1-4-32-26(29)24-20-13-23(33-15(2)3)21(28(30)31)14-22(20)35-25(24)16-5-9-18(10-6-16)34-19-11-7-17(27)8-12-19;1-4-26-20(23)18-14-9-17(27-11(2)3)15(22(24)25)10-16(14)28-19(18)12-5-7-13(21)8-6-12/h5-15H,4H2,1-3H3;5-11H,4H2,1-3H3. The average molecular weight is 928 g/mol. The third-order valence-corrected chi connectivity index (χ3v) is 9.42. The molecule has 0 spiro atoms. The minimum absolute atomic E-state index is 0.0263. The molecule has 7 aromatic rings. The first-order valence-corrected chi connectivity index (χ1v) is 20.3. The van der Waals surface area contributed by atoms with Crippen molar-refractivity contribution in [1.29, 1.82) is 0 Å². The highest BCUT2D eigenvalue weighted by Crippen LogP contribution is 2.42. The normalized spacial score (nSPS) is 11.0. The molecule has 0 aliphatic rings. The van der Waals surface area contributed by atoms with E-state index in [1.165, 1.54) is 48.5 Å². The van der Waals surface area contributed by atoms with Gasteiger partial charge in [0.25, 0.3) is 0 Å². The first-order chi connectivity index (χ1) is 30.1. The molecule has 7 rings (SSSR count). The summed E-state index contributed by atoms with van der Waals surface area (Å²) in [6.07, 6.45) is -0.600. The molecule has 2 heterocycles. The molecular weight excluding hydrogens is 887 g/mol. The van der Waals surface area contributed by atoms with Gasteiger partial charge in [0.15, 0.2) is 11.5 Å². The van der Waals surface area contributed by atoms with Crippen LogP contribution in [0.3, 0.4) is 0 Å². The Morgan fingerprint density at radius 1 is 0.635 bits per heavy atom. The number of rotatable bonds is 14. The molecule has 0 aliphatic carbocycles. The third-order valence-electron chi connectivity index (χ3n) is 8.89. The van der Waals surface area contributed by atoms with E-state index in [9.17, 15) is 34.2 Å². The van der Waals surface area contributed by atoms with Gasteiger partial charge in [-0.2, -0.15) is 0 Å². The monoisotopic (exact) mass is 926 g/mol. The van der Waals surface area contributed by atoms with E-state index in [4.69, 9.17) is 32.5 Å². The number of nitro benzene ring substituents is 2. The van der Waals surface area contributed by atoms with Gasteiger partial charge in [-0.25, -0.2) is 14.0 Å². The van der Waals surface area contributed by atoms with Crippen LogP contribution >= 0.6 is 15.9 Å². The molecule has 0 aliphatic heterocycles. The number of nitrogens with zero attached hydrogens (tertiary/aromatic N) is 2. The molecule has 2 aromatic heterocycles. The van der Waals surface area contributed by atoms with Crippen molar-refractivity contribution in [3.8, 4) is 45.6 Å². The minimum Gasteiger partial charge on any atom is -0.484 e. The summed E-state index contributed by atoms with van der Waals surface area (Å²) in [5.74, 6) is -0.0381. The highest BCUT2D eigenvalue weighted by Gasteiger charge is 2.30. The van der Waals surface area contributed by atoms with Crippen molar-refractivity contribution in [3.63, 3.8) is 0 Å². The van der Waals surface area contributed by atoms with Gasteiger partial charge in [0, 0.05) is 26.4 Å². The summed E-state index contributed by atoms with van der Waals surface area (Å²) in [4.78, 5) is 47.5. The predicted octanol–water partition coefficient (Wildman–Crippen LogP) is 12.6. The van der Waals surface area contributed by atoms with Crippen LogP contribution in [0.4, 0.5) is 15.8 Å². The zero-order valence-corrected chi connectivity index (χ0v) is 36.4. The number of carbonyl (C=O) groups excluding carboxylic acids is 2. The molecule has 63 heavy (non-hydrogen) atoms. The first kappa shape index (κ1) is 45.3. The van der Waals surface area contributed by atoms with E-state index in [0.717, 1.165) is 4.47 Å². The quantitative estimate of drug-likeness (QED) is 0.0568. The van der Waals surface area contributed by atoms with E-state index in [-0.39, 0.29) is 87.9 Å². The van der Waals surface area contributed by atoms with Gasteiger partial charge in [-0.05, 0) is 114 Å². The Kier molecular flexibility index (Phi) is 14.1. The van der Waals surface area contributed by atoms with Gasteiger partial charge in [-0.3, -0.25) is 20.2 Å². The van der Waals surface area contributed by atoms with Gasteiger partial charge in [0.05, 0.1) is 47.4 Å². The third kappa shape index (κ3) is 10.4. The van der Waals surface area contributed by atoms with Gasteiger partial charge in [-0.1, -0.05) is 28.1 Å². The molecule has 0 fully saturated rings. The Bertz CT molecular complexity index is 2800. The lowest BCUT2D eigenvalue weighted by Gasteiger charge is -2.10.